The van der Waals surface area contributed by atoms with Gasteiger partial charge in [-0.2, -0.15) is 0 Å². The van der Waals surface area contributed by atoms with E-state index < -0.39 is 26.8 Å². The van der Waals surface area contributed by atoms with Gasteiger partial charge in [0.05, 0.1) is 19.6 Å². The van der Waals surface area contributed by atoms with Crippen molar-refractivity contribution in [1.29, 1.82) is 0 Å². The monoisotopic (exact) mass is 486 g/mol. The maximum absolute atomic E-state index is 12.8. The van der Waals surface area contributed by atoms with Gasteiger partial charge in [-0.15, -0.1) is 0 Å². The molecule has 180 valence electrons. The summed E-state index contributed by atoms with van der Waals surface area (Å²) >= 11 is 5.62. The number of para-hydroxylation sites is 1. The summed E-state index contributed by atoms with van der Waals surface area (Å²) in [6.07, 6.45) is 0.349. The number of ether oxygens (including phenoxy) is 2. The maximum atomic E-state index is 12.8. The van der Waals surface area contributed by atoms with Crippen LogP contribution in [0.5, 0.6) is 0 Å². The standard InChI is InChI=1S/C21H34N2O7SSi/c1-6-29-19(24)16-18(20(25)30-7-2)23(14-11-15-32(26-3,27-4)28-5)21(31)22-17-12-9-8-10-13-17/h8-10,12-13,18H,6-7,11,14-16H2,1-5H3,(H,22,31). The molecule has 0 bridgehead atoms. The molecule has 0 amide bonds. The first kappa shape index (κ1) is 28.0. The molecule has 0 radical (unpaired) electrons. The van der Waals surface area contributed by atoms with Crippen molar-refractivity contribution in [3.63, 3.8) is 0 Å². The van der Waals surface area contributed by atoms with E-state index in [2.05, 4.69) is 5.32 Å². The topological polar surface area (TPSA) is 95.6 Å². The lowest BCUT2D eigenvalue weighted by molar-refractivity contribution is -0.154. The Balaban J connectivity index is 3.13. The number of esters is 2. The van der Waals surface area contributed by atoms with E-state index in [4.69, 9.17) is 35.0 Å². The van der Waals surface area contributed by atoms with Crippen LogP contribution in [0.2, 0.25) is 6.04 Å². The summed E-state index contributed by atoms with van der Waals surface area (Å²) in [5.41, 5.74) is 0.760. The first-order chi connectivity index (χ1) is 15.4. The van der Waals surface area contributed by atoms with Crippen LogP contribution in [0.1, 0.15) is 26.7 Å². The first-order valence-corrected chi connectivity index (χ1v) is 12.8. The number of carbonyl (C=O) groups is 2. The average molecular weight is 487 g/mol. The highest BCUT2D eigenvalue weighted by Crippen LogP contribution is 2.19. The van der Waals surface area contributed by atoms with Gasteiger partial charge >= 0.3 is 20.7 Å². The number of benzene rings is 1. The zero-order valence-electron chi connectivity index (χ0n) is 19.4. The van der Waals surface area contributed by atoms with E-state index in [0.717, 1.165) is 5.69 Å². The highest BCUT2D eigenvalue weighted by molar-refractivity contribution is 7.80. The Kier molecular flexibility index (Phi) is 13.0. The molecule has 32 heavy (non-hydrogen) atoms. The molecule has 0 aliphatic rings. The molecule has 1 unspecified atom stereocenters. The summed E-state index contributed by atoms with van der Waals surface area (Å²) in [6.45, 7) is 4.15. The summed E-state index contributed by atoms with van der Waals surface area (Å²) in [6, 6.07) is 8.89. The van der Waals surface area contributed by atoms with E-state index in [9.17, 15) is 9.59 Å². The smallest absolute Gasteiger partial charge is 0.466 e. The number of thiocarbonyl (C=S) groups is 1. The SMILES string of the molecule is CCOC(=O)CC(C(=O)OCC)N(CCC[Si](OC)(OC)OC)C(=S)Nc1ccccc1. The van der Waals surface area contributed by atoms with Crippen LogP contribution in [0, 0.1) is 0 Å². The Labute approximate surface area is 196 Å². The summed E-state index contributed by atoms with van der Waals surface area (Å²) in [7, 11) is 1.81. The molecule has 0 heterocycles. The van der Waals surface area contributed by atoms with Crippen molar-refractivity contribution in [1.82, 2.24) is 4.90 Å². The number of nitrogens with one attached hydrogen (secondary N) is 1. The number of hydrogen-bond donors (Lipinski definition) is 1. The van der Waals surface area contributed by atoms with Crippen LogP contribution in [-0.4, -0.2) is 77.9 Å². The molecular formula is C21H34N2O7SSi. The molecule has 0 fully saturated rings. The van der Waals surface area contributed by atoms with Crippen molar-refractivity contribution in [3.8, 4) is 0 Å². The number of carbonyl (C=O) groups excluding carboxylic acids is 2. The second kappa shape index (κ2) is 14.9. The molecule has 9 nitrogen and oxygen atoms in total. The molecule has 0 aliphatic heterocycles. The van der Waals surface area contributed by atoms with E-state index in [1.165, 1.54) is 0 Å². The molecule has 11 heteroatoms. The molecule has 0 saturated carbocycles. The fraction of sp³-hybridized carbons (Fsp3) is 0.571. The second-order valence-corrected chi connectivity index (χ2v) is 10.1. The molecule has 1 rings (SSSR count). The maximum Gasteiger partial charge on any atom is 0.500 e. The zero-order chi connectivity index (χ0) is 24.0. The van der Waals surface area contributed by atoms with Crippen molar-refractivity contribution >= 4 is 43.8 Å². The van der Waals surface area contributed by atoms with Gasteiger partial charge in [0, 0.05) is 39.6 Å². The Hall–Kier alpha value is -2.05. The molecule has 0 saturated heterocycles. The molecular weight excluding hydrogens is 452 g/mol. The summed E-state index contributed by atoms with van der Waals surface area (Å²) in [5.74, 6) is -1.06. The Morgan fingerprint density at radius 1 is 1.03 bits per heavy atom. The molecule has 0 aliphatic carbocycles. The van der Waals surface area contributed by atoms with Crippen LogP contribution in [0.15, 0.2) is 30.3 Å². The third kappa shape index (κ3) is 8.83. The van der Waals surface area contributed by atoms with Gasteiger partial charge < -0.3 is 33.0 Å². The van der Waals surface area contributed by atoms with Gasteiger partial charge in [0.1, 0.15) is 6.04 Å². The number of hydrogen-bond acceptors (Lipinski definition) is 8. The van der Waals surface area contributed by atoms with E-state index >= 15 is 0 Å². The number of nitrogens with zero attached hydrogens (tertiary/aromatic N) is 1. The van der Waals surface area contributed by atoms with Gasteiger partial charge in [-0.05, 0) is 44.6 Å². The van der Waals surface area contributed by atoms with E-state index in [0.29, 0.717) is 19.0 Å². The predicted molar refractivity (Wildman–Crippen MR) is 127 cm³/mol. The minimum absolute atomic E-state index is 0.178. The Bertz CT molecular complexity index is 711. The van der Waals surface area contributed by atoms with Crippen LogP contribution >= 0.6 is 12.2 Å². The molecule has 1 aromatic rings. The Morgan fingerprint density at radius 3 is 2.16 bits per heavy atom. The van der Waals surface area contributed by atoms with Crippen molar-refractivity contribution in [3.05, 3.63) is 30.3 Å². The largest absolute Gasteiger partial charge is 0.500 e. The molecule has 1 aromatic carbocycles. The number of anilines is 1. The van der Waals surface area contributed by atoms with Gasteiger partial charge in [0.15, 0.2) is 5.11 Å². The van der Waals surface area contributed by atoms with Gasteiger partial charge in [-0.1, -0.05) is 18.2 Å². The van der Waals surface area contributed by atoms with E-state index in [1.807, 2.05) is 30.3 Å². The van der Waals surface area contributed by atoms with Crippen LogP contribution < -0.4 is 5.32 Å². The van der Waals surface area contributed by atoms with Gasteiger partial charge in [0.25, 0.3) is 0 Å². The zero-order valence-corrected chi connectivity index (χ0v) is 21.2. The summed E-state index contributed by atoms with van der Waals surface area (Å²) in [5, 5.41) is 3.42. The predicted octanol–water partition coefficient (Wildman–Crippen LogP) is 2.84. The van der Waals surface area contributed by atoms with Crippen LogP contribution in [-0.2, 0) is 32.3 Å². The van der Waals surface area contributed by atoms with E-state index in [1.54, 1.807) is 40.1 Å². The molecule has 0 spiro atoms. The van der Waals surface area contributed by atoms with Crippen LogP contribution in [0.25, 0.3) is 0 Å². The fourth-order valence-electron chi connectivity index (χ4n) is 3.07. The number of rotatable bonds is 14. The molecule has 0 aromatic heterocycles. The quantitative estimate of drug-likeness (QED) is 0.240. The summed E-state index contributed by atoms with van der Waals surface area (Å²) in [4.78, 5) is 26.7. The third-order valence-electron chi connectivity index (χ3n) is 4.70. The minimum Gasteiger partial charge on any atom is -0.466 e. The third-order valence-corrected chi connectivity index (χ3v) is 7.87. The van der Waals surface area contributed by atoms with Crippen molar-refractivity contribution < 1.29 is 32.3 Å². The Morgan fingerprint density at radius 2 is 1.62 bits per heavy atom. The highest BCUT2D eigenvalue weighted by Gasteiger charge is 2.38. The van der Waals surface area contributed by atoms with Gasteiger partial charge in [0.2, 0.25) is 0 Å². The summed E-state index contributed by atoms with van der Waals surface area (Å²) < 4.78 is 26.7. The van der Waals surface area contributed by atoms with E-state index in [-0.39, 0.29) is 24.7 Å². The minimum atomic E-state index is -2.81. The lowest BCUT2D eigenvalue weighted by atomic mass is 10.1. The average Bonchev–Trinajstić information content (AvgIpc) is 2.79. The fourth-order valence-corrected chi connectivity index (χ4v) is 5.11. The van der Waals surface area contributed by atoms with Crippen molar-refractivity contribution in [2.45, 2.75) is 38.8 Å². The van der Waals surface area contributed by atoms with Crippen molar-refractivity contribution in [2.75, 3.05) is 46.4 Å². The first-order valence-electron chi connectivity index (χ1n) is 10.5. The van der Waals surface area contributed by atoms with Crippen molar-refractivity contribution in [2.24, 2.45) is 0 Å². The van der Waals surface area contributed by atoms with Crippen LogP contribution in [0.3, 0.4) is 0 Å². The molecule has 1 N–H and O–H groups in total. The lowest BCUT2D eigenvalue weighted by Crippen LogP contribution is -2.50. The van der Waals surface area contributed by atoms with Gasteiger partial charge in [-0.25, -0.2) is 4.79 Å². The second-order valence-electron chi connectivity index (χ2n) is 6.67. The normalized spacial score (nSPS) is 12.0. The lowest BCUT2D eigenvalue weighted by Gasteiger charge is -2.33. The van der Waals surface area contributed by atoms with Gasteiger partial charge in [-0.3, -0.25) is 4.79 Å². The van der Waals surface area contributed by atoms with Crippen LogP contribution in [0.4, 0.5) is 5.69 Å². The molecule has 1 atom stereocenters. The highest BCUT2D eigenvalue weighted by atomic mass is 32.1.